The monoisotopic (exact) mass is 426 g/mol. The first-order valence-corrected chi connectivity index (χ1v) is 10.5. The first-order valence-electron chi connectivity index (χ1n) is 10.5. The zero-order valence-electron chi connectivity index (χ0n) is 17.8. The maximum atomic E-state index is 13.2. The molecular weight excluding hydrogens is 396 g/mol. The second kappa shape index (κ2) is 10.7. The summed E-state index contributed by atoms with van der Waals surface area (Å²) in [5.41, 5.74) is 8.01. The summed E-state index contributed by atoms with van der Waals surface area (Å²) in [6.07, 6.45) is 3.34. The number of nitrogens with two attached hydrogens (primary N) is 1. The molecule has 3 rings (SSSR count). The normalized spacial score (nSPS) is 13.5. The number of aliphatic hydroxyl groups excluding tert-OH is 1. The molecule has 4 N–H and O–H groups in total. The van der Waals surface area contributed by atoms with Crippen molar-refractivity contribution in [3.8, 4) is 5.75 Å². The molecule has 0 aromatic heterocycles. The molecule has 1 heterocycles. The van der Waals surface area contributed by atoms with Gasteiger partial charge in [-0.05, 0) is 43.5 Å². The van der Waals surface area contributed by atoms with Crippen LogP contribution in [-0.4, -0.2) is 55.3 Å². The molecule has 0 radical (unpaired) electrons. The number of carbonyl (C=O) groups is 2. The molecule has 1 fully saturated rings. The van der Waals surface area contributed by atoms with Gasteiger partial charge in [0.25, 0.3) is 0 Å². The van der Waals surface area contributed by atoms with Gasteiger partial charge in [-0.15, -0.1) is 0 Å². The summed E-state index contributed by atoms with van der Waals surface area (Å²) >= 11 is 0. The molecule has 1 saturated heterocycles. The molecule has 1 aliphatic rings. The molecule has 1 aliphatic heterocycles. The minimum Gasteiger partial charge on any atom is -0.496 e. The van der Waals surface area contributed by atoms with E-state index in [9.17, 15) is 14.7 Å². The average molecular weight is 427 g/mol. The molecule has 3 amide bonds. The fraction of sp³-hybridized carbons (Fsp3) is 0.391. The lowest BCUT2D eigenvalue weighted by molar-refractivity contribution is 0.1000. The van der Waals surface area contributed by atoms with Crippen LogP contribution in [0.3, 0.4) is 0 Å². The number of nitrogens with one attached hydrogen (secondary N) is 1. The molecule has 8 nitrogen and oxygen atoms in total. The Labute approximate surface area is 182 Å². The van der Waals surface area contributed by atoms with E-state index < -0.39 is 5.91 Å². The van der Waals surface area contributed by atoms with Gasteiger partial charge in [-0.25, -0.2) is 4.79 Å². The summed E-state index contributed by atoms with van der Waals surface area (Å²) in [6, 6.07) is 12.2. The maximum absolute atomic E-state index is 13.2. The number of para-hydroxylation sites is 1. The summed E-state index contributed by atoms with van der Waals surface area (Å²) in [5, 5.41) is 12.4. The number of urea groups is 1. The number of benzene rings is 2. The van der Waals surface area contributed by atoms with Crippen LogP contribution in [-0.2, 0) is 6.54 Å². The fourth-order valence-electron chi connectivity index (χ4n) is 3.81. The lowest BCUT2D eigenvalue weighted by Gasteiger charge is -2.31. The van der Waals surface area contributed by atoms with E-state index in [0.717, 1.165) is 37.2 Å². The van der Waals surface area contributed by atoms with E-state index in [1.807, 2.05) is 30.3 Å². The van der Waals surface area contributed by atoms with Gasteiger partial charge in [-0.1, -0.05) is 18.2 Å². The van der Waals surface area contributed by atoms with Crippen molar-refractivity contribution in [2.75, 3.05) is 43.6 Å². The Balaban J connectivity index is 1.86. The average Bonchev–Trinajstić information content (AvgIpc) is 2.79. The number of hydrogen-bond donors (Lipinski definition) is 3. The molecule has 0 spiro atoms. The van der Waals surface area contributed by atoms with Crippen LogP contribution in [0.1, 0.15) is 35.2 Å². The zero-order chi connectivity index (χ0) is 22.2. The van der Waals surface area contributed by atoms with Crippen LogP contribution in [0.15, 0.2) is 42.5 Å². The fourth-order valence-corrected chi connectivity index (χ4v) is 3.81. The van der Waals surface area contributed by atoms with Gasteiger partial charge in [0.15, 0.2) is 0 Å². The Morgan fingerprint density at radius 3 is 2.58 bits per heavy atom. The molecule has 31 heavy (non-hydrogen) atoms. The Hall–Kier alpha value is -3.26. The lowest BCUT2D eigenvalue weighted by Crippen LogP contribution is -2.37. The van der Waals surface area contributed by atoms with Crippen LogP contribution < -0.4 is 20.7 Å². The van der Waals surface area contributed by atoms with Crippen LogP contribution >= 0.6 is 0 Å². The van der Waals surface area contributed by atoms with Crippen molar-refractivity contribution in [3.05, 3.63) is 53.6 Å². The highest BCUT2D eigenvalue weighted by atomic mass is 16.5. The molecule has 0 unspecified atom stereocenters. The number of methoxy groups -OCH3 is 1. The standard InChI is InChI=1S/C23H30N4O4/c1-31-21-8-4-3-7-18(21)16-27(13-14-28)23(30)25-19-15-17(22(24)29)9-10-20(19)26-11-5-2-6-12-26/h3-4,7-10,15,28H,2,5-6,11-14,16H2,1H3,(H2,24,29)(H,25,30). The van der Waals surface area contributed by atoms with E-state index in [1.165, 1.54) is 11.3 Å². The SMILES string of the molecule is COc1ccccc1CN(CCO)C(=O)Nc1cc(C(N)=O)ccc1N1CCCCC1. The van der Waals surface area contributed by atoms with E-state index >= 15 is 0 Å². The second-order valence-corrected chi connectivity index (χ2v) is 7.53. The minimum atomic E-state index is -0.554. The summed E-state index contributed by atoms with van der Waals surface area (Å²) in [7, 11) is 1.58. The van der Waals surface area contributed by atoms with Gasteiger partial charge < -0.3 is 30.7 Å². The molecule has 0 saturated carbocycles. The number of primary amides is 1. The topological polar surface area (TPSA) is 108 Å². The number of nitrogens with zero attached hydrogens (tertiary/aromatic N) is 2. The predicted molar refractivity (Wildman–Crippen MR) is 121 cm³/mol. The van der Waals surface area contributed by atoms with Crippen molar-refractivity contribution >= 4 is 23.3 Å². The van der Waals surface area contributed by atoms with Crippen molar-refractivity contribution in [1.82, 2.24) is 4.90 Å². The molecule has 2 aromatic rings. The number of ether oxygens (including phenoxy) is 1. The molecule has 166 valence electrons. The molecule has 0 bridgehead atoms. The maximum Gasteiger partial charge on any atom is 0.322 e. The number of aliphatic hydroxyl groups is 1. The van der Waals surface area contributed by atoms with E-state index in [4.69, 9.17) is 10.5 Å². The van der Waals surface area contributed by atoms with Crippen molar-refractivity contribution < 1.29 is 19.4 Å². The Morgan fingerprint density at radius 2 is 1.90 bits per heavy atom. The first kappa shape index (κ1) is 22.4. The summed E-state index contributed by atoms with van der Waals surface area (Å²) in [5.74, 6) is 0.116. The molecule has 2 aromatic carbocycles. The quantitative estimate of drug-likeness (QED) is 0.602. The number of anilines is 2. The third kappa shape index (κ3) is 5.67. The Bertz CT molecular complexity index is 912. The number of hydrogen-bond acceptors (Lipinski definition) is 5. The molecule has 0 atom stereocenters. The van der Waals surface area contributed by atoms with Gasteiger partial charge in [-0.2, -0.15) is 0 Å². The highest BCUT2D eigenvalue weighted by Crippen LogP contribution is 2.30. The zero-order valence-corrected chi connectivity index (χ0v) is 17.8. The van der Waals surface area contributed by atoms with Crippen LogP contribution in [0, 0.1) is 0 Å². The molecule has 8 heteroatoms. The first-order chi connectivity index (χ1) is 15.0. The summed E-state index contributed by atoms with van der Waals surface area (Å²) in [4.78, 5) is 28.6. The largest absolute Gasteiger partial charge is 0.496 e. The van der Waals surface area contributed by atoms with Crippen LogP contribution in [0.4, 0.5) is 16.2 Å². The van der Waals surface area contributed by atoms with Crippen LogP contribution in [0.25, 0.3) is 0 Å². The second-order valence-electron chi connectivity index (χ2n) is 7.53. The van der Waals surface area contributed by atoms with Crippen molar-refractivity contribution in [2.24, 2.45) is 5.73 Å². The van der Waals surface area contributed by atoms with Crippen molar-refractivity contribution in [3.63, 3.8) is 0 Å². The number of amides is 3. The van der Waals surface area contributed by atoms with Gasteiger partial charge in [0.2, 0.25) is 5.91 Å². The third-order valence-corrected chi connectivity index (χ3v) is 5.43. The van der Waals surface area contributed by atoms with Crippen molar-refractivity contribution in [1.29, 1.82) is 0 Å². The van der Waals surface area contributed by atoms with Gasteiger partial charge in [0.1, 0.15) is 5.75 Å². The van der Waals surface area contributed by atoms with E-state index in [2.05, 4.69) is 10.2 Å². The summed E-state index contributed by atoms with van der Waals surface area (Å²) < 4.78 is 5.38. The van der Waals surface area contributed by atoms with E-state index in [-0.39, 0.29) is 25.7 Å². The highest BCUT2D eigenvalue weighted by Gasteiger charge is 2.21. The third-order valence-electron chi connectivity index (χ3n) is 5.43. The number of rotatable bonds is 8. The Kier molecular flexibility index (Phi) is 7.72. The van der Waals surface area contributed by atoms with E-state index in [1.54, 1.807) is 19.2 Å². The summed E-state index contributed by atoms with van der Waals surface area (Å²) in [6.45, 7) is 2.02. The van der Waals surface area contributed by atoms with Crippen molar-refractivity contribution in [2.45, 2.75) is 25.8 Å². The Morgan fingerprint density at radius 1 is 1.16 bits per heavy atom. The van der Waals surface area contributed by atoms with Gasteiger partial charge in [0.05, 0.1) is 31.6 Å². The molecule has 0 aliphatic carbocycles. The van der Waals surface area contributed by atoms with Gasteiger partial charge in [0, 0.05) is 30.8 Å². The predicted octanol–water partition coefficient (Wildman–Crippen LogP) is 2.81. The van der Waals surface area contributed by atoms with Gasteiger partial charge >= 0.3 is 6.03 Å². The number of piperidine rings is 1. The molecular formula is C23H30N4O4. The van der Waals surface area contributed by atoms with Crippen LogP contribution in [0.2, 0.25) is 0 Å². The minimum absolute atomic E-state index is 0.151. The number of carbonyl (C=O) groups excluding carboxylic acids is 2. The van der Waals surface area contributed by atoms with E-state index in [0.29, 0.717) is 17.0 Å². The highest BCUT2D eigenvalue weighted by molar-refractivity contribution is 5.99. The smallest absolute Gasteiger partial charge is 0.322 e. The van der Waals surface area contributed by atoms with Crippen LogP contribution in [0.5, 0.6) is 5.75 Å². The van der Waals surface area contributed by atoms with Gasteiger partial charge in [-0.3, -0.25) is 4.79 Å². The lowest BCUT2D eigenvalue weighted by atomic mass is 10.1.